The molecular formula is C23H25ClFN5O2. The van der Waals surface area contributed by atoms with Crippen LogP contribution in [0, 0.1) is 30.5 Å². The summed E-state index contributed by atoms with van der Waals surface area (Å²) in [5.74, 6) is 3.67. The molecule has 0 unspecified atom stereocenters. The predicted molar refractivity (Wildman–Crippen MR) is 118 cm³/mol. The van der Waals surface area contributed by atoms with Crippen molar-refractivity contribution in [2.75, 3.05) is 24.6 Å². The molecule has 7 nitrogen and oxygen atoms in total. The quantitative estimate of drug-likeness (QED) is 0.496. The van der Waals surface area contributed by atoms with Crippen molar-refractivity contribution in [2.45, 2.75) is 32.6 Å². The molecule has 168 valence electrons. The second-order valence-corrected chi connectivity index (χ2v) is 9.03. The summed E-state index contributed by atoms with van der Waals surface area (Å²) < 4.78 is 25.5. The van der Waals surface area contributed by atoms with Crippen LogP contribution in [0.25, 0.3) is 11.5 Å². The maximum absolute atomic E-state index is 14.4. The molecule has 3 heterocycles. The lowest BCUT2D eigenvalue weighted by Gasteiger charge is -2.32. The third-order valence-corrected chi connectivity index (χ3v) is 6.66. The lowest BCUT2D eigenvalue weighted by atomic mass is 9.90. The van der Waals surface area contributed by atoms with E-state index in [0.29, 0.717) is 29.2 Å². The van der Waals surface area contributed by atoms with Gasteiger partial charge in [0.05, 0.1) is 29.6 Å². The Morgan fingerprint density at radius 1 is 1.19 bits per heavy atom. The lowest BCUT2D eigenvalue weighted by molar-refractivity contribution is 0.283. The van der Waals surface area contributed by atoms with Gasteiger partial charge in [0.2, 0.25) is 11.8 Å². The molecule has 1 saturated heterocycles. The normalized spacial score (nSPS) is 21.0. The van der Waals surface area contributed by atoms with Crippen LogP contribution in [0.1, 0.15) is 31.6 Å². The molecule has 0 N–H and O–H groups in total. The minimum Gasteiger partial charge on any atom is -0.493 e. The van der Waals surface area contributed by atoms with Crippen molar-refractivity contribution in [1.82, 2.24) is 20.2 Å². The van der Waals surface area contributed by atoms with Crippen LogP contribution in [0.15, 0.2) is 35.0 Å². The summed E-state index contributed by atoms with van der Waals surface area (Å²) in [7, 11) is 0. The molecule has 0 radical (unpaired) electrons. The monoisotopic (exact) mass is 457 g/mol. The molecule has 0 amide bonds. The molecule has 5 rings (SSSR count). The van der Waals surface area contributed by atoms with Crippen LogP contribution in [-0.2, 0) is 0 Å². The van der Waals surface area contributed by atoms with Crippen LogP contribution in [0.4, 0.5) is 10.3 Å². The van der Waals surface area contributed by atoms with Gasteiger partial charge in [-0.15, -0.1) is 10.2 Å². The van der Waals surface area contributed by atoms with Crippen molar-refractivity contribution < 1.29 is 13.5 Å². The zero-order chi connectivity index (χ0) is 22.1. The highest BCUT2D eigenvalue weighted by Crippen LogP contribution is 2.49. The van der Waals surface area contributed by atoms with Crippen molar-refractivity contribution in [3.63, 3.8) is 0 Å². The molecule has 1 aliphatic carbocycles. The summed E-state index contributed by atoms with van der Waals surface area (Å²) in [4.78, 5) is 10.9. The predicted octanol–water partition coefficient (Wildman–Crippen LogP) is 4.95. The van der Waals surface area contributed by atoms with Crippen molar-refractivity contribution in [3.05, 3.63) is 47.3 Å². The van der Waals surface area contributed by atoms with Crippen LogP contribution in [-0.4, -0.2) is 39.9 Å². The summed E-state index contributed by atoms with van der Waals surface area (Å²) in [6.45, 7) is 4.24. The number of piperidine rings is 1. The summed E-state index contributed by atoms with van der Waals surface area (Å²) in [6, 6.07) is 4.75. The lowest BCUT2D eigenvalue weighted by Crippen LogP contribution is -2.35. The molecule has 1 aromatic carbocycles. The molecule has 1 saturated carbocycles. The molecular weight excluding hydrogens is 433 g/mol. The summed E-state index contributed by atoms with van der Waals surface area (Å²) in [5.41, 5.74) is 0.288. The van der Waals surface area contributed by atoms with E-state index < -0.39 is 5.82 Å². The average molecular weight is 458 g/mol. The molecule has 3 aromatic rings. The molecule has 0 spiro atoms. The Bertz CT molecular complexity index is 1070. The molecule has 2 aliphatic rings. The van der Waals surface area contributed by atoms with Gasteiger partial charge in [-0.1, -0.05) is 11.6 Å². The number of nitrogens with zero attached hydrogens (tertiary/aromatic N) is 5. The maximum Gasteiger partial charge on any atom is 0.250 e. The largest absolute Gasteiger partial charge is 0.493 e. The van der Waals surface area contributed by atoms with Crippen LogP contribution in [0.3, 0.4) is 0 Å². The fraction of sp³-hybridized carbons (Fsp3) is 0.478. The van der Waals surface area contributed by atoms with Crippen molar-refractivity contribution in [1.29, 1.82) is 0 Å². The van der Waals surface area contributed by atoms with E-state index in [2.05, 4.69) is 25.1 Å². The third-order valence-electron chi connectivity index (χ3n) is 6.47. The Balaban J connectivity index is 1.06. The highest BCUT2D eigenvalue weighted by Gasteiger charge is 2.43. The smallest absolute Gasteiger partial charge is 0.250 e. The van der Waals surface area contributed by atoms with Gasteiger partial charge in [0.15, 0.2) is 0 Å². The van der Waals surface area contributed by atoms with E-state index in [9.17, 15) is 4.39 Å². The average Bonchev–Trinajstić information content (AvgIpc) is 3.44. The Kier molecular flexibility index (Phi) is 5.95. The summed E-state index contributed by atoms with van der Waals surface area (Å²) >= 11 is 5.88. The fourth-order valence-corrected chi connectivity index (χ4v) is 4.77. The molecule has 32 heavy (non-hydrogen) atoms. The minimum atomic E-state index is -0.424. The number of aryl methyl sites for hydroxylation is 1. The van der Waals surface area contributed by atoms with Gasteiger partial charge in [0.25, 0.3) is 5.89 Å². The molecule has 0 bridgehead atoms. The summed E-state index contributed by atoms with van der Waals surface area (Å²) in [5, 5.41) is 8.17. The van der Waals surface area contributed by atoms with Crippen molar-refractivity contribution >= 4 is 17.5 Å². The zero-order valence-electron chi connectivity index (χ0n) is 17.9. The van der Waals surface area contributed by atoms with Gasteiger partial charge < -0.3 is 14.1 Å². The van der Waals surface area contributed by atoms with Crippen LogP contribution in [0.5, 0.6) is 5.75 Å². The number of hydrogen-bond acceptors (Lipinski definition) is 7. The number of benzene rings is 1. The second-order valence-electron chi connectivity index (χ2n) is 8.59. The maximum atomic E-state index is 14.4. The first-order valence-corrected chi connectivity index (χ1v) is 11.4. The molecule has 2 fully saturated rings. The van der Waals surface area contributed by atoms with Gasteiger partial charge in [-0.3, -0.25) is 0 Å². The fourth-order valence-electron chi connectivity index (χ4n) is 4.67. The molecule has 2 aromatic heterocycles. The second kappa shape index (κ2) is 9.02. The first-order valence-electron chi connectivity index (χ1n) is 11.0. The SMILES string of the molecule is Cc1nnc(-c2ccc(OCC[C@H]3C[C@@H]3C3CCN(c4ncc(Cl)cn4)CC3)cc2F)o1. The van der Waals surface area contributed by atoms with Gasteiger partial charge in [-0.2, -0.15) is 0 Å². The number of rotatable bonds is 7. The molecule has 2 atom stereocenters. The van der Waals surface area contributed by atoms with E-state index in [0.717, 1.165) is 50.1 Å². The Hall–Kier alpha value is -2.74. The number of halogens is 2. The molecule has 1 aliphatic heterocycles. The number of aromatic nitrogens is 4. The van der Waals surface area contributed by atoms with E-state index in [4.69, 9.17) is 20.8 Å². The Labute approximate surface area is 191 Å². The van der Waals surface area contributed by atoms with Crippen molar-refractivity contribution in [2.24, 2.45) is 17.8 Å². The van der Waals surface area contributed by atoms with Gasteiger partial charge in [0.1, 0.15) is 11.6 Å². The van der Waals surface area contributed by atoms with Crippen LogP contribution >= 0.6 is 11.6 Å². The third kappa shape index (κ3) is 4.70. The number of anilines is 1. The first kappa shape index (κ1) is 21.1. The first-order chi connectivity index (χ1) is 15.6. The van der Waals surface area contributed by atoms with Crippen molar-refractivity contribution in [3.8, 4) is 17.2 Å². The Morgan fingerprint density at radius 3 is 2.66 bits per heavy atom. The van der Waals surface area contributed by atoms with Gasteiger partial charge in [0, 0.05) is 26.1 Å². The van der Waals surface area contributed by atoms with E-state index in [1.165, 1.54) is 12.5 Å². The van der Waals surface area contributed by atoms with Gasteiger partial charge >= 0.3 is 0 Å². The molecule has 9 heteroatoms. The zero-order valence-corrected chi connectivity index (χ0v) is 18.6. The highest BCUT2D eigenvalue weighted by atomic mass is 35.5. The van der Waals surface area contributed by atoms with Gasteiger partial charge in [-0.25, -0.2) is 14.4 Å². The van der Waals surface area contributed by atoms with E-state index in [1.54, 1.807) is 31.5 Å². The van der Waals surface area contributed by atoms with Gasteiger partial charge in [-0.05, 0) is 55.6 Å². The number of ether oxygens (including phenoxy) is 1. The number of hydrogen-bond donors (Lipinski definition) is 0. The standard InChI is InChI=1S/C23H25ClFN5O2/c1-14-28-29-22(32-14)19-3-2-18(11-21(19)25)31-9-6-16-10-20(16)15-4-7-30(8-5-15)23-26-12-17(24)13-27-23/h2-3,11-13,15-16,20H,4-10H2,1H3/t16-,20+/m0/s1. The minimum absolute atomic E-state index is 0.182. The topological polar surface area (TPSA) is 77.2 Å². The van der Waals surface area contributed by atoms with Crippen LogP contribution < -0.4 is 9.64 Å². The van der Waals surface area contributed by atoms with E-state index in [-0.39, 0.29) is 11.5 Å². The van der Waals surface area contributed by atoms with Crippen LogP contribution in [0.2, 0.25) is 5.02 Å². The highest BCUT2D eigenvalue weighted by molar-refractivity contribution is 6.30. The summed E-state index contributed by atoms with van der Waals surface area (Å²) in [6.07, 6.45) is 7.88. The van der Waals surface area contributed by atoms with E-state index in [1.807, 2.05) is 0 Å². The Morgan fingerprint density at radius 2 is 1.97 bits per heavy atom. The van der Waals surface area contributed by atoms with E-state index >= 15 is 0 Å².